The molecule has 0 unspecified atom stereocenters. The summed E-state index contributed by atoms with van der Waals surface area (Å²) in [5.74, 6) is 0. The zero-order valence-electron chi connectivity index (χ0n) is 40.6. The number of carboxylic acid groups (broad SMARTS) is 6. The van der Waals surface area contributed by atoms with Gasteiger partial charge in [-0.1, -0.05) is 0 Å². The Kier molecular flexibility index (Phi) is 418. The maximum Gasteiger partial charge on any atom is 2.00 e. The summed E-state index contributed by atoms with van der Waals surface area (Å²) in [7, 11) is 0. The minimum absolute atomic E-state index is 0. The van der Waals surface area contributed by atoms with Gasteiger partial charge in [0.25, 0.3) is 0 Å². The van der Waals surface area contributed by atoms with Gasteiger partial charge in [0.1, 0.15) is 0 Å². The molecule has 0 aromatic carbocycles. The van der Waals surface area contributed by atoms with Gasteiger partial charge < -0.3 is 67.7 Å². The predicted octanol–water partition coefficient (Wildman–Crippen LogP) is -1.36. The topological polar surface area (TPSA) is 173 Å². The summed E-state index contributed by atoms with van der Waals surface area (Å²) in [6, 6.07) is 0. The standard InChI is InChI=1S/3CH2O3.13Ca.26H/c3*2-1(3)4;;;;;;;;;;;;;;;;;;;;;;;;;;;;;;;;;;;;;;;/h3*(H2,2,3,4);;;;;;;;;;;;;;;;;;;;;;;;;;;;;;;;;;;;;;;/q;;;13*+2;26*-1. The Bertz CT molecular complexity index is 183. The van der Waals surface area contributed by atoms with E-state index in [-0.39, 0.29) is 528 Å². The summed E-state index contributed by atoms with van der Waals surface area (Å²) < 4.78 is 0. The molecule has 124 valence electrons. The molecule has 22 heteroatoms. The average molecular weight is 733 g/mol. The molecule has 0 amide bonds. The Morgan fingerprint density at radius 3 is 0.320 bits per heavy atom. The van der Waals surface area contributed by atoms with Crippen LogP contribution in [0.4, 0.5) is 14.4 Å². The minimum atomic E-state index is -1.83. The van der Waals surface area contributed by atoms with Crippen LogP contribution in [0.3, 0.4) is 0 Å². The van der Waals surface area contributed by atoms with Gasteiger partial charge in [0.05, 0.1) is 0 Å². The third-order valence-electron chi connectivity index (χ3n) is 0. The van der Waals surface area contributed by atoms with E-state index in [1.807, 2.05) is 0 Å². The maximum absolute atomic E-state index is 8.56. The van der Waals surface area contributed by atoms with Gasteiger partial charge in [0.15, 0.2) is 0 Å². The Labute approximate surface area is 573 Å². The molecule has 0 bridgehead atoms. The first-order valence-electron chi connectivity index (χ1n) is 1.95. The Hall–Kier alpha value is 14.2. The number of rotatable bonds is 0. The van der Waals surface area contributed by atoms with Gasteiger partial charge in [0, 0.05) is 0 Å². The van der Waals surface area contributed by atoms with Crippen LogP contribution in [0.1, 0.15) is 37.1 Å². The molecule has 0 saturated carbocycles. The van der Waals surface area contributed by atoms with Crippen LogP contribution in [0.5, 0.6) is 0 Å². The van der Waals surface area contributed by atoms with Gasteiger partial charge >= 0.3 is 509 Å². The maximum atomic E-state index is 8.56. The van der Waals surface area contributed by atoms with E-state index in [1.54, 1.807) is 0 Å². The van der Waals surface area contributed by atoms with Crippen molar-refractivity contribution in [1.82, 2.24) is 0 Å². The smallest absolute Gasteiger partial charge is 1.00 e. The molecule has 25 heavy (non-hydrogen) atoms. The van der Waals surface area contributed by atoms with Crippen molar-refractivity contribution in [1.29, 1.82) is 0 Å². The van der Waals surface area contributed by atoms with Crippen LogP contribution in [-0.4, -0.2) is 540 Å². The van der Waals surface area contributed by atoms with Crippen molar-refractivity contribution in [2.24, 2.45) is 0 Å². The number of hydrogen-bond donors (Lipinski definition) is 6. The monoisotopic (exact) mass is 732 g/mol. The molecule has 0 saturated heterocycles. The zero-order valence-corrected chi connectivity index (χ0v) is 43.3. The molecule has 0 rings (SSSR count). The van der Waals surface area contributed by atoms with Gasteiger partial charge in [-0.15, -0.1) is 0 Å². The van der Waals surface area contributed by atoms with Crippen LogP contribution >= 0.6 is 0 Å². The summed E-state index contributed by atoms with van der Waals surface area (Å²) in [6.07, 6.45) is -5.50. The first-order chi connectivity index (χ1) is 5.20. The van der Waals surface area contributed by atoms with E-state index in [0.29, 0.717) is 0 Å². The second-order valence-corrected chi connectivity index (χ2v) is 0.848. The minimum Gasteiger partial charge on any atom is -1.00 e. The van der Waals surface area contributed by atoms with E-state index in [1.165, 1.54) is 0 Å². The quantitative estimate of drug-likeness (QED) is 0.165. The van der Waals surface area contributed by atoms with Crippen LogP contribution in [-0.2, 0) is 0 Å². The molecule has 0 fully saturated rings. The molecule has 0 aliphatic carbocycles. The first-order valence-corrected chi connectivity index (χ1v) is 1.95. The number of hydrogen-bond acceptors (Lipinski definition) is 3. The summed E-state index contributed by atoms with van der Waals surface area (Å²) in [4.78, 5) is 25.7. The first kappa shape index (κ1) is 106. The molecular weight excluding hydrogens is 701 g/mol. The summed E-state index contributed by atoms with van der Waals surface area (Å²) in [5.41, 5.74) is 0. The molecule has 0 aromatic heterocycles. The predicted molar refractivity (Wildman–Crippen MR) is 136 cm³/mol. The average Bonchev–Trinajstić information content (AvgIpc) is 1.54. The van der Waals surface area contributed by atoms with E-state index >= 15 is 0 Å². The molecule has 0 radical (unpaired) electrons. The Morgan fingerprint density at radius 1 is 0.320 bits per heavy atom. The summed E-state index contributed by atoms with van der Waals surface area (Å²) in [6.45, 7) is 0. The largest absolute Gasteiger partial charge is 2.00 e. The van der Waals surface area contributed by atoms with Crippen LogP contribution in [0.15, 0.2) is 0 Å². The molecule has 0 atom stereocenters. The molecule has 0 aromatic rings. The molecule has 9 nitrogen and oxygen atoms in total. The van der Waals surface area contributed by atoms with Crippen molar-refractivity contribution >= 4 is 509 Å². The summed E-state index contributed by atoms with van der Waals surface area (Å²) >= 11 is 0. The van der Waals surface area contributed by atoms with Crippen molar-refractivity contribution < 1.29 is 82.1 Å². The molecule has 0 spiro atoms. The van der Waals surface area contributed by atoms with Crippen molar-refractivity contribution in [3.63, 3.8) is 0 Å². The van der Waals surface area contributed by atoms with Crippen molar-refractivity contribution in [3.8, 4) is 0 Å². The van der Waals surface area contributed by atoms with Crippen LogP contribution < -0.4 is 0 Å². The molecule has 0 aliphatic heterocycles. The molecular formula is C3H32Ca13O9. The normalized spacial score (nSPS) is 2.88. The fraction of sp³-hybridized carbons (Fsp3) is 0. The third-order valence-corrected chi connectivity index (χ3v) is 0. The molecule has 6 N–H and O–H groups in total. The fourth-order valence-electron chi connectivity index (χ4n) is 0. The zero-order chi connectivity index (χ0) is 10.7. The van der Waals surface area contributed by atoms with E-state index in [2.05, 4.69) is 0 Å². The van der Waals surface area contributed by atoms with Crippen LogP contribution in [0, 0.1) is 0 Å². The van der Waals surface area contributed by atoms with E-state index in [4.69, 9.17) is 45.0 Å². The van der Waals surface area contributed by atoms with Crippen molar-refractivity contribution in [2.45, 2.75) is 0 Å². The van der Waals surface area contributed by atoms with Crippen molar-refractivity contribution in [3.05, 3.63) is 0 Å². The van der Waals surface area contributed by atoms with Crippen LogP contribution in [0.2, 0.25) is 0 Å². The van der Waals surface area contributed by atoms with Gasteiger partial charge in [-0.3, -0.25) is 0 Å². The molecule has 0 heterocycles. The van der Waals surface area contributed by atoms with Crippen LogP contribution in [0.25, 0.3) is 0 Å². The molecule has 0 aliphatic rings. The van der Waals surface area contributed by atoms with Gasteiger partial charge in [-0.05, 0) is 0 Å². The van der Waals surface area contributed by atoms with Crippen molar-refractivity contribution in [2.75, 3.05) is 0 Å². The second kappa shape index (κ2) is 98.2. The Morgan fingerprint density at radius 2 is 0.320 bits per heavy atom. The van der Waals surface area contributed by atoms with Gasteiger partial charge in [0.2, 0.25) is 0 Å². The fourth-order valence-corrected chi connectivity index (χ4v) is 0. The third kappa shape index (κ3) is 248. The van der Waals surface area contributed by atoms with E-state index in [0.717, 1.165) is 0 Å². The second-order valence-electron chi connectivity index (χ2n) is 0.848. The van der Waals surface area contributed by atoms with Gasteiger partial charge in [-0.25, -0.2) is 14.4 Å². The number of carbonyl (C=O) groups is 3. The van der Waals surface area contributed by atoms with E-state index in [9.17, 15) is 0 Å². The Balaban J connectivity index is -0.000000000431. The van der Waals surface area contributed by atoms with Gasteiger partial charge in [-0.2, -0.15) is 0 Å². The SMILES string of the molecule is O=C(O)O.O=C(O)O.O=C(O)O.[Ca+2].[Ca+2].[Ca+2].[Ca+2].[Ca+2].[Ca+2].[Ca+2].[Ca+2].[Ca+2].[Ca+2].[Ca+2].[Ca+2].[Ca+2].[H-].[H-].[H-].[H-].[H-].[H-].[H-].[H-].[H-].[H-].[H-].[H-].[H-].[H-].[H-].[H-].[H-].[H-].[H-].[H-].[H-].[H-].[H-].[H-].[H-].[H-]. The summed E-state index contributed by atoms with van der Waals surface area (Å²) in [5, 5.41) is 41.8. The van der Waals surface area contributed by atoms with E-state index < -0.39 is 18.5 Å².